The number of carbonyl (C=O) groups excluding carboxylic acids is 1. The van der Waals surface area contributed by atoms with Gasteiger partial charge in [0.15, 0.2) is 4.80 Å². The largest absolute Gasteiger partial charge is 0.327 e. The third kappa shape index (κ3) is 2.37. The number of rotatable bonds is 1. The van der Waals surface area contributed by atoms with E-state index in [2.05, 4.69) is 9.98 Å². The molecule has 0 bridgehead atoms. The highest BCUT2D eigenvalue weighted by Crippen LogP contribution is 2.07. The Balaban J connectivity index is 2.38. The van der Waals surface area contributed by atoms with Crippen LogP contribution in [0, 0.1) is 0 Å². The van der Waals surface area contributed by atoms with Crippen LogP contribution in [0.4, 0.5) is 0 Å². The lowest BCUT2D eigenvalue weighted by Gasteiger charge is -1.95. The van der Waals surface area contributed by atoms with Crippen molar-refractivity contribution in [3.05, 3.63) is 45.4 Å². The quantitative estimate of drug-likeness (QED) is 0.729. The molecule has 2 aromatic rings. The Bertz CT molecular complexity index is 588. The SMILES string of the molecule is Cn1ccsc1=NC(=O)c1ccnc(Cl)c1. The average molecular weight is 254 g/mol. The van der Waals surface area contributed by atoms with E-state index in [1.165, 1.54) is 23.6 Å². The minimum atomic E-state index is -0.317. The molecule has 0 aliphatic carbocycles. The average Bonchev–Trinajstić information content (AvgIpc) is 2.64. The number of aryl methyl sites for hydroxylation is 1. The number of nitrogens with zero attached hydrogens (tertiary/aromatic N) is 3. The second-order valence-electron chi connectivity index (χ2n) is 3.08. The van der Waals surface area contributed by atoms with E-state index in [1.54, 1.807) is 10.6 Å². The van der Waals surface area contributed by atoms with Crippen LogP contribution in [-0.2, 0) is 7.05 Å². The summed E-state index contributed by atoms with van der Waals surface area (Å²) < 4.78 is 1.78. The van der Waals surface area contributed by atoms with Gasteiger partial charge < -0.3 is 4.57 Å². The zero-order valence-corrected chi connectivity index (χ0v) is 10.00. The Morgan fingerprint density at radius 1 is 1.62 bits per heavy atom. The summed E-state index contributed by atoms with van der Waals surface area (Å²) in [6, 6.07) is 3.09. The molecule has 0 saturated heterocycles. The van der Waals surface area contributed by atoms with Crippen molar-refractivity contribution >= 4 is 28.8 Å². The van der Waals surface area contributed by atoms with Crippen LogP contribution in [0.25, 0.3) is 0 Å². The van der Waals surface area contributed by atoms with E-state index in [1.807, 2.05) is 18.6 Å². The monoisotopic (exact) mass is 253 g/mol. The fourth-order valence-electron chi connectivity index (χ4n) is 1.12. The topological polar surface area (TPSA) is 47.2 Å². The molecule has 0 N–H and O–H groups in total. The first-order valence-electron chi connectivity index (χ1n) is 4.47. The highest BCUT2D eigenvalue weighted by Gasteiger charge is 2.04. The van der Waals surface area contributed by atoms with Crippen molar-refractivity contribution in [3.8, 4) is 0 Å². The Morgan fingerprint density at radius 2 is 2.44 bits per heavy atom. The molecule has 0 atom stereocenters. The molecule has 1 amide bonds. The lowest BCUT2D eigenvalue weighted by Crippen LogP contribution is -2.12. The van der Waals surface area contributed by atoms with Gasteiger partial charge in [-0.05, 0) is 12.1 Å². The van der Waals surface area contributed by atoms with Crippen molar-refractivity contribution in [2.24, 2.45) is 12.0 Å². The maximum Gasteiger partial charge on any atom is 0.279 e. The van der Waals surface area contributed by atoms with E-state index in [9.17, 15) is 4.79 Å². The summed E-state index contributed by atoms with van der Waals surface area (Å²) in [5, 5.41) is 2.16. The Hall–Kier alpha value is -1.46. The van der Waals surface area contributed by atoms with Gasteiger partial charge >= 0.3 is 0 Å². The minimum absolute atomic E-state index is 0.289. The number of halogens is 1. The molecule has 0 radical (unpaired) electrons. The molecule has 0 aliphatic heterocycles. The first kappa shape index (κ1) is 11.0. The molecule has 16 heavy (non-hydrogen) atoms. The molecule has 0 aromatic carbocycles. The van der Waals surface area contributed by atoms with Crippen molar-refractivity contribution in [2.45, 2.75) is 0 Å². The molecule has 2 heterocycles. The smallest absolute Gasteiger partial charge is 0.279 e. The van der Waals surface area contributed by atoms with Gasteiger partial charge in [0.1, 0.15) is 5.15 Å². The van der Waals surface area contributed by atoms with Crippen molar-refractivity contribution in [1.29, 1.82) is 0 Å². The number of hydrogen-bond donors (Lipinski definition) is 0. The Kier molecular flexibility index (Phi) is 3.17. The minimum Gasteiger partial charge on any atom is -0.327 e. The number of aromatic nitrogens is 2. The van der Waals surface area contributed by atoms with Crippen LogP contribution in [0.1, 0.15) is 10.4 Å². The summed E-state index contributed by atoms with van der Waals surface area (Å²) in [4.78, 5) is 20.2. The number of hydrogen-bond acceptors (Lipinski definition) is 3. The molecular weight excluding hydrogens is 246 g/mol. The zero-order valence-electron chi connectivity index (χ0n) is 8.42. The summed E-state index contributed by atoms with van der Waals surface area (Å²) in [7, 11) is 1.84. The molecule has 0 aliphatic rings. The third-order valence-corrected chi connectivity index (χ3v) is 2.98. The molecule has 0 saturated carbocycles. The summed E-state index contributed by atoms with van der Waals surface area (Å²) in [5.74, 6) is -0.317. The van der Waals surface area contributed by atoms with Crippen LogP contribution in [0.2, 0.25) is 5.15 Å². The van der Waals surface area contributed by atoms with Crippen molar-refractivity contribution < 1.29 is 4.79 Å². The molecule has 2 rings (SSSR count). The maximum atomic E-state index is 11.8. The number of carbonyl (C=O) groups is 1. The summed E-state index contributed by atoms with van der Waals surface area (Å²) in [6.45, 7) is 0. The lowest BCUT2D eigenvalue weighted by molar-refractivity contribution is 0.0998. The van der Waals surface area contributed by atoms with Crippen LogP contribution < -0.4 is 4.80 Å². The zero-order chi connectivity index (χ0) is 11.5. The van der Waals surface area contributed by atoms with Gasteiger partial charge in [-0.15, -0.1) is 11.3 Å². The van der Waals surface area contributed by atoms with Crippen LogP contribution in [0.15, 0.2) is 34.9 Å². The highest BCUT2D eigenvalue weighted by molar-refractivity contribution is 7.07. The molecule has 2 aromatic heterocycles. The standard InChI is InChI=1S/C10H8ClN3OS/c1-14-4-5-16-10(14)13-9(15)7-2-3-12-8(11)6-7/h2-6H,1H3. The van der Waals surface area contributed by atoms with Gasteiger partial charge in [-0.2, -0.15) is 4.99 Å². The number of thiazole rings is 1. The molecule has 0 unspecified atom stereocenters. The summed E-state index contributed by atoms with van der Waals surface area (Å²) >= 11 is 7.10. The molecule has 6 heteroatoms. The van der Waals surface area contributed by atoms with Gasteiger partial charge in [-0.3, -0.25) is 4.79 Å². The fourth-order valence-corrected chi connectivity index (χ4v) is 2.02. The van der Waals surface area contributed by atoms with E-state index < -0.39 is 0 Å². The first-order chi connectivity index (χ1) is 7.66. The highest BCUT2D eigenvalue weighted by atomic mass is 35.5. The van der Waals surface area contributed by atoms with E-state index in [0.717, 1.165) is 0 Å². The molecule has 4 nitrogen and oxygen atoms in total. The van der Waals surface area contributed by atoms with Crippen molar-refractivity contribution in [2.75, 3.05) is 0 Å². The van der Waals surface area contributed by atoms with Crippen molar-refractivity contribution in [3.63, 3.8) is 0 Å². The van der Waals surface area contributed by atoms with E-state index in [-0.39, 0.29) is 11.1 Å². The predicted molar refractivity (Wildman–Crippen MR) is 62.4 cm³/mol. The number of amides is 1. The first-order valence-corrected chi connectivity index (χ1v) is 5.73. The molecule has 0 spiro atoms. The Labute approximate surface area is 101 Å². The van der Waals surface area contributed by atoms with Gasteiger partial charge in [0, 0.05) is 30.4 Å². The van der Waals surface area contributed by atoms with E-state index >= 15 is 0 Å². The third-order valence-electron chi connectivity index (χ3n) is 1.93. The van der Waals surface area contributed by atoms with Crippen LogP contribution in [-0.4, -0.2) is 15.5 Å². The second kappa shape index (κ2) is 4.59. The summed E-state index contributed by atoms with van der Waals surface area (Å²) in [6.07, 6.45) is 3.33. The van der Waals surface area contributed by atoms with Gasteiger partial charge in [-0.25, -0.2) is 4.98 Å². The number of pyridine rings is 1. The van der Waals surface area contributed by atoms with Crippen LogP contribution in [0.5, 0.6) is 0 Å². The van der Waals surface area contributed by atoms with Crippen molar-refractivity contribution in [1.82, 2.24) is 9.55 Å². The second-order valence-corrected chi connectivity index (χ2v) is 4.34. The normalized spacial score (nSPS) is 11.8. The molecule has 82 valence electrons. The van der Waals surface area contributed by atoms with E-state index in [4.69, 9.17) is 11.6 Å². The lowest BCUT2D eigenvalue weighted by atomic mass is 10.2. The van der Waals surface area contributed by atoms with Crippen LogP contribution >= 0.6 is 22.9 Å². The molecular formula is C10H8ClN3OS. The maximum absolute atomic E-state index is 11.8. The summed E-state index contributed by atoms with van der Waals surface area (Å²) in [5.41, 5.74) is 0.438. The van der Waals surface area contributed by atoms with Gasteiger partial charge in [0.05, 0.1) is 0 Å². The van der Waals surface area contributed by atoms with E-state index in [0.29, 0.717) is 10.4 Å². The molecule has 0 fully saturated rings. The fraction of sp³-hybridized carbons (Fsp3) is 0.100. The Morgan fingerprint density at radius 3 is 3.06 bits per heavy atom. The van der Waals surface area contributed by atoms with Crippen LogP contribution in [0.3, 0.4) is 0 Å². The predicted octanol–water partition coefficient (Wildman–Crippen LogP) is 1.88. The van der Waals surface area contributed by atoms with Gasteiger partial charge in [0.25, 0.3) is 5.91 Å². The van der Waals surface area contributed by atoms with Gasteiger partial charge in [0.2, 0.25) is 0 Å². The van der Waals surface area contributed by atoms with Gasteiger partial charge in [-0.1, -0.05) is 11.6 Å².